The zero-order valence-corrected chi connectivity index (χ0v) is 15.3. The van der Waals surface area contributed by atoms with E-state index < -0.39 is 5.91 Å². The van der Waals surface area contributed by atoms with Crippen LogP contribution in [0.2, 0.25) is 0 Å². The van der Waals surface area contributed by atoms with E-state index in [0.29, 0.717) is 43.9 Å². The summed E-state index contributed by atoms with van der Waals surface area (Å²) < 4.78 is 13.3. The van der Waals surface area contributed by atoms with E-state index in [-0.39, 0.29) is 18.1 Å². The first kappa shape index (κ1) is 18.9. The minimum absolute atomic E-state index is 0.0712. The molecule has 2 amide bonds. The van der Waals surface area contributed by atoms with Gasteiger partial charge in [0, 0.05) is 36.8 Å². The van der Waals surface area contributed by atoms with Gasteiger partial charge in [-0.25, -0.2) is 0 Å². The highest BCUT2D eigenvalue weighted by atomic mass is 16.5. The van der Waals surface area contributed by atoms with Gasteiger partial charge in [0.05, 0.1) is 19.3 Å². The van der Waals surface area contributed by atoms with Crippen molar-refractivity contribution in [3.8, 4) is 5.75 Å². The summed E-state index contributed by atoms with van der Waals surface area (Å²) in [7, 11) is 0. The first-order valence-corrected chi connectivity index (χ1v) is 8.95. The molecule has 2 heterocycles. The predicted octanol–water partition coefficient (Wildman–Crippen LogP) is 1.03. The van der Waals surface area contributed by atoms with Gasteiger partial charge in [-0.1, -0.05) is 0 Å². The molecule has 1 aromatic heterocycles. The second kappa shape index (κ2) is 8.68. The van der Waals surface area contributed by atoms with Crippen molar-refractivity contribution in [1.29, 1.82) is 0 Å². The Morgan fingerprint density at radius 1 is 1.33 bits per heavy atom. The molecule has 2 atom stereocenters. The summed E-state index contributed by atoms with van der Waals surface area (Å²) >= 11 is 0. The van der Waals surface area contributed by atoms with Crippen LogP contribution in [0.25, 0.3) is 0 Å². The van der Waals surface area contributed by atoms with Crippen molar-refractivity contribution >= 4 is 11.8 Å². The molecular formula is C19H24N4O4. The number of aryl methyl sites for hydroxylation is 2. The van der Waals surface area contributed by atoms with Gasteiger partial charge in [0.15, 0.2) is 0 Å². The van der Waals surface area contributed by atoms with Crippen LogP contribution in [-0.4, -0.2) is 47.0 Å². The highest BCUT2D eigenvalue weighted by Crippen LogP contribution is 2.19. The molecule has 1 aliphatic rings. The van der Waals surface area contributed by atoms with Gasteiger partial charge in [-0.15, -0.1) is 0 Å². The fourth-order valence-electron chi connectivity index (χ4n) is 2.99. The minimum atomic E-state index is -0.481. The molecule has 0 unspecified atom stereocenters. The maximum atomic E-state index is 12.3. The van der Waals surface area contributed by atoms with Gasteiger partial charge in [-0.05, 0) is 37.3 Å². The monoisotopic (exact) mass is 372 g/mol. The van der Waals surface area contributed by atoms with Crippen LogP contribution in [0.15, 0.2) is 36.5 Å². The molecule has 3 rings (SSSR count). The van der Waals surface area contributed by atoms with Crippen LogP contribution >= 0.6 is 0 Å². The molecule has 1 aromatic carbocycles. The normalized spacial score (nSPS) is 19.4. The van der Waals surface area contributed by atoms with Crippen LogP contribution in [0.4, 0.5) is 0 Å². The predicted molar refractivity (Wildman–Crippen MR) is 98.3 cm³/mol. The lowest BCUT2D eigenvalue weighted by Crippen LogP contribution is -2.52. The molecule has 0 saturated carbocycles. The summed E-state index contributed by atoms with van der Waals surface area (Å²) in [5.41, 5.74) is 6.69. The van der Waals surface area contributed by atoms with Gasteiger partial charge in [0.2, 0.25) is 11.8 Å². The largest absolute Gasteiger partial charge is 0.488 e. The molecule has 1 saturated heterocycles. The molecule has 27 heavy (non-hydrogen) atoms. The van der Waals surface area contributed by atoms with E-state index >= 15 is 0 Å². The number of ether oxygens (including phenoxy) is 2. The lowest BCUT2D eigenvalue weighted by Gasteiger charge is -2.32. The van der Waals surface area contributed by atoms with E-state index in [1.807, 2.05) is 13.0 Å². The summed E-state index contributed by atoms with van der Waals surface area (Å²) in [4.78, 5) is 23.5. The number of hydrogen-bond donors (Lipinski definition) is 2. The number of benzene rings is 1. The van der Waals surface area contributed by atoms with E-state index in [1.54, 1.807) is 35.1 Å². The topological polar surface area (TPSA) is 108 Å². The number of nitrogens with one attached hydrogen (secondary N) is 1. The molecule has 0 spiro atoms. The number of aromatic nitrogens is 2. The van der Waals surface area contributed by atoms with Gasteiger partial charge in [-0.2, -0.15) is 5.10 Å². The number of hydrogen-bond acceptors (Lipinski definition) is 5. The zero-order chi connectivity index (χ0) is 19.2. The van der Waals surface area contributed by atoms with Crippen LogP contribution in [0.3, 0.4) is 0 Å². The summed E-state index contributed by atoms with van der Waals surface area (Å²) in [6.45, 7) is 3.45. The van der Waals surface area contributed by atoms with Crippen LogP contribution in [0.1, 0.15) is 28.9 Å². The fourth-order valence-corrected chi connectivity index (χ4v) is 2.99. The number of amides is 2. The smallest absolute Gasteiger partial charge is 0.248 e. The summed E-state index contributed by atoms with van der Waals surface area (Å²) in [5, 5.41) is 7.18. The number of nitrogens with zero attached hydrogens (tertiary/aromatic N) is 2. The van der Waals surface area contributed by atoms with Gasteiger partial charge in [0.25, 0.3) is 0 Å². The number of primary amides is 1. The van der Waals surface area contributed by atoms with Crippen molar-refractivity contribution in [2.75, 3.05) is 13.2 Å². The van der Waals surface area contributed by atoms with Crippen LogP contribution in [-0.2, 0) is 16.1 Å². The molecule has 8 heteroatoms. The summed E-state index contributed by atoms with van der Waals surface area (Å²) in [6, 6.07) is 8.32. The quantitative estimate of drug-likeness (QED) is 0.755. The molecule has 0 aliphatic carbocycles. The van der Waals surface area contributed by atoms with E-state index in [2.05, 4.69) is 10.4 Å². The lowest BCUT2D eigenvalue weighted by atomic mass is 10.1. The van der Waals surface area contributed by atoms with Crippen molar-refractivity contribution in [2.45, 2.75) is 38.5 Å². The highest BCUT2D eigenvalue weighted by Gasteiger charge is 2.29. The number of carbonyl (C=O) groups excluding carboxylic acids is 2. The SMILES string of the molecule is Cc1ccnn1CCC(=O)N[C@@H]1COCC[C@H]1Oc1ccc(C(N)=O)cc1. The molecule has 0 radical (unpaired) electrons. The maximum absolute atomic E-state index is 12.3. The molecule has 2 aromatic rings. The van der Waals surface area contributed by atoms with Gasteiger partial charge >= 0.3 is 0 Å². The average Bonchev–Trinajstić information content (AvgIpc) is 3.07. The van der Waals surface area contributed by atoms with Gasteiger partial charge in [0.1, 0.15) is 11.9 Å². The standard InChI is InChI=1S/C19H24N4O4/c1-13-6-9-21-23(13)10-7-18(24)22-16-12-26-11-8-17(16)27-15-4-2-14(3-5-15)19(20)25/h2-6,9,16-17H,7-8,10-12H2,1H3,(H2,20,25)(H,22,24)/t16-,17-/m1/s1. The van der Waals surface area contributed by atoms with Crippen molar-refractivity contribution in [2.24, 2.45) is 5.73 Å². The van der Waals surface area contributed by atoms with Crippen molar-refractivity contribution in [3.05, 3.63) is 47.8 Å². The zero-order valence-electron chi connectivity index (χ0n) is 15.3. The number of carbonyl (C=O) groups is 2. The molecule has 1 fully saturated rings. The molecule has 1 aliphatic heterocycles. The fraction of sp³-hybridized carbons (Fsp3) is 0.421. The van der Waals surface area contributed by atoms with E-state index in [1.165, 1.54) is 0 Å². The first-order chi connectivity index (χ1) is 13.0. The summed E-state index contributed by atoms with van der Waals surface area (Å²) in [5.74, 6) is 0.0709. The second-order valence-corrected chi connectivity index (χ2v) is 6.53. The Labute approximate surface area is 157 Å². The Bertz CT molecular complexity index is 787. The Morgan fingerprint density at radius 3 is 2.78 bits per heavy atom. The first-order valence-electron chi connectivity index (χ1n) is 8.95. The number of rotatable bonds is 7. The van der Waals surface area contributed by atoms with Crippen LogP contribution < -0.4 is 15.8 Å². The van der Waals surface area contributed by atoms with Gasteiger partial charge < -0.3 is 20.5 Å². The van der Waals surface area contributed by atoms with Crippen molar-refractivity contribution in [3.63, 3.8) is 0 Å². The lowest BCUT2D eigenvalue weighted by molar-refractivity contribution is -0.124. The van der Waals surface area contributed by atoms with Gasteiger partial charge in [-0.3, -0.25) is 14.3 Å². The third kappa shape index (κ3) is 5.07. The molecule has 3 N–H and O–H groups in total. The Morgan fingerprint density at radius 2 is 2.11 bits per heavy atom. The molecule has 8 nitrogen and oxygen atoms in total. The summed E-state index contributed by atoms with van der Waals surface area (Å²) in [6.07, 6.45) is 2.52. The Balaban J connectivity index is 1.55. The van der Waals surface area contributed by atoms with Crippen LogP contribution in [0, 0.1) is 6.92 Å². The second-order valence-electron chi connectivity index (χ2n) is 6.53. The van der Waals surface area contributed by atoms with E-state index in [9.17, 15) is 9.59 Å². The molecular weight excluding hydrogens is 348 g/mol. The third-order valence-corrected chi connectivity index (χ3v) is 4.55. The molecule has 144 valence electrons. The minimum Gasteiger partial charge on any atom is -0.488 e. The highest BCUT2D eigenvalue weighted by molar-refractivity contribution is 5.92. The Hall–Kier alpha value is -2.87. The van der Waals surface area contributed by atoms with E-state index in [4.69, 9.17) is 15.2 Å². The van der Waals surface area contributed by atoms with Crippen molar-refractivity contribution < 1.29 is 19.1 Å². The average molecular weight is 372 g/mol. The molecule has 0 bridgehead atoms. The van der Waals surface area contributed by atoms with Crippen LogP contribution in [0.5, 0.6) is 5.75 Å². The Kier molecular flexibility index (Phi) is 6.08. The number of nitrogens with two attached hydrogens (primary N) is 1. The van der Waals surface area contributed by atoms with Crippen molar-refractivity contribution in [1.82, 2.24) is 15.1 Å². The maximum Gasteiger partial charge on any atom is 0.248 e. The third-order valence-electron chi connectivity index (χ3n) is 4.55. The van der Waals surface area contributed by atoms with E-state index in [0.717, 1.165) is 5.69 Å².